The van der Waals surface area contributed by atoms with Gasteiger partial charge in [0.1, 0.15) is 56.4 Å². The molecule has 0 saturated heterocycles. The monoisotopic (exact) mass is 1780 g/mol. The number of phenolic OH excluding ortho intramolecular Hbond substituents is 43. The summed E-state index contributed by atoms with van der Waals surface area (Å²) < 4.78 is 0. The van der Waals surface area contributed by atoms with E-state index >= 15 is 0 Å². The van der Waals surface area contributed by atoms with Crippen molar-refractivity contribution < 1.29 is 248 Å². The first-order chi connectivity index (χ1) is 58.9. The molecule has 43 N–H and O–H groups in total. The van der Waals surface area contributed by atoms with Crippen molar-refractivity contribution in [2.45, 2.75) is 0 Å². The minimum Gasteiger partial charge on any atom is -0.507 e. The molecule has 0 saturated carbocycles. The lowest BCUT2D eigenvalue weighted by molar-refractivity contribution is 0.101. The zero-order valence-electron chi connectivity index (χ0n) is 62.0. The lowest BCUT2D eigenvalue weighted by Crippen LogP contribution is -2.03. The van der Waals surface area contributed by atoms with Gasteiger partial charge >= 0.3 is 0 Å². The van der Waals surface area contributed by atoms with Gasteiger partial charge in [-0.05, 0) is 84.9 Å². The molecule has 49 heteroatoms. The molecule has 0 amide bonds. The predicted molar refractivity (Wildman–Crippen MR) is 409 cm³/mol. The van der Waals surface area contributed by atoms with Crippen molar-refractivity contribution in [3.8, 4) is 247 Å². The maximum absolute atomic E-state index is 12.2. The summed E-state index contributed by atoms with van der Waals surface area (Å²) in [4.78, 5) is 73.1. The Morgan fingerprint density at radius 3 is 0.591 bits per heavy atom. The number of aromatic hydroxyl groups is 43. The van der Waals surface area contributed by atoms with Gasteiger partial charge in [-0.3, -0.25) is 28.8 Å². The number of carbonyl (C=O) groups excluding carboxylic acids is 6. The van der Waals surface area contributed by atoms with Crippen LogP contribution >= 0.6 is 0 Å². The van der Waals surface area contributed by atoms with Gasteiger partial charge in [-0.1, -0.05) is 0 Å². The van der Waals surface area contributed by atoms with Crippen LogP contribution in [-0.2, 0) is 0 Å². The largest absolute Gasteiger partial charge is 0.507 e. The molecule has 49 nitrogen and oxygen atoms in total. The number of ketones is 6. The van der Waals surface area contributed by atoms with Crippen molar-refractivity contribution in [3.63, 3.8) is 0 Å². The number of hydrogen-bond donors (Lipinski definition) is 43. The average molecular weight is 1780 g/mol. The molecule has 0 spiro atoms. The van der Waals surface area contributed by atoms with Crippen LogP contribution in [0.4, 0.5) is 0 Å². The zero-order chi connectivity index (χ0) is 96.2. The molecule has 0 aliphatic heterocycles. The Bertz CT molecular complexity index is 6510. The van der Waals surface area contributed by atoms with E-state index < -0.39 is 349 Å². The molecule has 0 atom stereocenters. The number of carbonyl (C=O) groups is 6. The van der Waals surface area contributed by atoms with Crippen LogP contribution in [-0.4, -0.2) is 254 Å². The molecule has 0 heterocycles. The van der Waals surface area contributed by atoms with Crippen molar-refractivity contribution in [2.24, 2.45) is 0 Å². The second kappa shape index (κ2) is 36.1. The van der Waals surface area contributed by atoms with Gasteiger partial charge < -0.3 is 220 Å². The van der Waals surface area contributed by atoms with Gasteiger partial charge in [0.15, 0.2) is 149 Å². The first kappa shape index (κ1) is 94.2. The molecule has 0 fully saturated rings. The van der Waals surface area contributed by atoms with E-state index in [1.54, 1.807) is 0 Å². The summed E-state index contributed by atoms with van der Waals surface area (Å²) in [6.07, 6.45) is 0. The van der Waals surface area contributed by atoms with E-state index in [0.29, 0.717) is 30.3 Å². The van der Waals surface area contributed by atoms with Crippen molar-refractivity contribution in [1.29, 1.82) is 0 Å². The number of rotatable bonds is 12. The molecule has 0 aliphatic carbocycles. The van der Waals surface area contributed by atoms with Crippen molar-refractivity contribution in [3.05, 3.63) is 170 Å². The summed E-state index contributed by atoms with van der Waals surface area (Å²) in [6, 6.07) is 14.2. The SMILES string of the molecule is O=C(c1c(O)ccc(O)c1O)c1c(O)cc(O)c(O)c1O.O=C(c1cc(O)c(O)c(O)c1O)c1c(O)ccc(O)c1O.O=C(c1ccc(O)c(O)c1O)c1c(O)c(O)c(O)c(O)c1O.O=C(c1ccc(O)c(O)c1O)c1c(O)c(O)cc(O)c1O.O=C(c1ccc(O)c(O)c1O)c1c(O)cc(O)c(O)c1O.O=C(c1ccc(O)c(O)c1O)c1cc(O)c(O)c(O)c1O. The third-order valence-electron chi connectivity index (χ3n) is 17.1. The van der Waals surface area contributed by atoms with Crippen LogP contribution < -0.4 is 0 Å². The van der Waals surface area contributed by atoms with Crippen LogP contribution in [0.25, 0.3) is 0 Å². The lowest BCUT2D eigenvalue weighted by atomic mass is 9.98. The van der Waals surface area contributed by atoms with Gasteiger partial charge in [0.25, 0.3) is 0 Å². The predicted octanol–water partition coefficient (Wildman–Crippen LogP) is 4.85. The van der Waals surface area contributed by atoms with Crippen LogP contribution in [0.2, 0.25) is 0 Å². The molecular weight excluding hydrogens is 1720 g/mol. The Morgan fingerprint density at radius 1 is 0.110 bits per heavy atom. The molecule has 666 valence electrons. The quantitative estimate of drug-likeness (QED) is 0.0441. The summed E-state index contributed by atoms with van der Waals surface area (Å²) in [5.41, 5.74) is -8.63. The van der Waals surface area contributed by atoms with Crippen molar-refractivity contribution in [2.75, 3.05) is 0 Å². The Kier molecular flexibility index (Phi) is 26.8. The topological polar surface area (TPSA) is 972 Å². The van der Waals surface area contributed by atoms with E-state index in [-0.39, 0.29) is 0 Å². The lowest BCUT2D eigenvalue weighted by Gasteiger charge is -2.12. The fraction of sp³-hybridized carbons (Fsp3) is 0. The van der Waals surface area contributed by atoms with Gasteiger partial charge in [-0.2, -0.15) is 0 Å². The van der Waals surface area contributed by atoms with Gasteiger partial charge in [0.2, 0.25) is 109 Å². The first-order valence-corrected chi connectivity index (χ1v) is 33.2. The van der Waals surface area contributed by atoms with Crippen LogP contribution in [0.1, 0.15) is 95.5 Å². The Morgan fingerprint density at radius 2 is 0.268 bits per heavy atom. The van der Waals surface area contributed by atoms with Crippen LogP contribution in [0.3, 0.4) is 0 Å². The summed E-state index contributed by atoms with van der Waals surface area (Å²) in [5.74, 6) is -48.4. The Hall–Kier alpha value is -19.9. The smallest absolute Gasteiger partial charge is 0.208 e. The van der Waals surface area contributed by atoms with Crippen molar-refractivity contribution >= 4 is 34.7 Å². The molecule has 0 aromatic heterocycles. The van der Waals surface area contributed by atoms with Crippen LogP contribution in [0, 0.1) is 0 Å². The molecule has 12 aromatic rings. The number of benzene rings is 12. The zero-order valence-corrected chi connectivity index (χ0v) is 62.0. The summed E-state index contributed by atoms with van der Waals surface area (Å²) in [6.45, 7) is 0. The number of phenols is 43. The molecule has 127 heavy (non-hydrogen) atoms. The highest BCUT2D eigenvalue weighted by Gasteiger charge is 2.36. The van der Waals surface area contributed by atoms with Crippen LogP contribution in [0.5, 0.6) is 247 Å². The van der Waals surface area contributed by atoms with Gasteiger partial charge in [0, 0.05) is 18.2 Å². The molecule has 0 bridgehead atoms. The van der Waals surface area contributed by atoms with E-state index in [1.165, 1.54) is 0 Å². The Labute approximate surface area is 697 Å². The maximum Gasteiger partial charge on any atom is 0.208 e. The third kappa shape index (κ3) is 17.8. The number of hydrogen-bond acceptors (Lipinski definition) is 49. The summed E-state index contributed by atoms with van der Waals surface area (Å²) in [7, 11) is 0. The van der Waals surface area contributed by atoms with E-state index in [0.717, 1.165) is 72.8 Å². The molecule has 0 radical (unpaired) electrons. The van der Waals surface area contributed by atoms with E-state index in [2.05, 4.69) is 0 Å². The first-order valence-electron chi connectivity index (χ1n) is 33.2. The third-order valence-corrected chi connectivity index (χ3v) is 17.1. The molecule has 12 rings (SSSR count). The molecular formula is C78H60O49. The van der Waals surface area contributed by atoms with E-state index in [4.69, 9.17) is 0 Å². The van der Waals surface area contributed by atoms with Crippen molar-refractivity contribution in [1.82, 2.24) is 0 Å². The molecule has 12 aromatic carbocycles. The molecule has 0 aliphatic rings. The van der Waals surface area contributed by atoms with E-state index in [1.807, 2.05) is 0 Å². The Balaban J connectivity index is 0.000000209. The standard InChI is InChI=1S/C13H10O9.5C13H10O8/c14-4-2-1-3(7(16)8(4)17)6(15)5-9(18)11(20)13(22)12(21)10(5)19;14-5-1-2-6(15)11(19)8(5)9(17)4-3-7(16)12(20)13(21)10(4)18;14-6-2-1-4(9(17)11(6)19)8(16)5-3-7(15)12(20)13(21)10(5)18;14-5-2-1-4(10(18)13(5)21)9(17)8-11(19)6(15)3-7(16)12(8)20;14-5-2-1-4(10(18)11(5)19)9(17)8-6(15)3-7(16)12(20)13(8)21;14-4-1-2-5(15)10(18)8(4)12(20)9-6(16)3-7(17)11(19)13(9)21/h1-2,14,16-22H;1-3,14-16,18-21H;1-3,14-15,17-21H;2*1-3,14-16,18-21H;1-3,14-19,21H. The highest BCUT2D eigenvalue weighted by molar-refractivity contribution is 6.19. The maximum atomic E-state index is 12.2. The van der Waals surface area contributed by atoms with Crippen LogP contribution in [0.15, 0.2) is 103 Å². The highest BCUT2D eigenvalue weighted by Crippen LogP contribution is 2.56. The van der Waals surface area contributed by atoms with Gasteiger partial charge in [-0.25, -0.2) is 0 Å². The van der Waals surface area contributed by atoms with E-state index in [9.17, 15) is 248 Å². The highest BCUT2D eigenvalue weighted by atomic mass is 16.4. The fourth-order valence-corrected chi connectivity index (χ4v) is 10.5. The second-order valence-electron chi connectivity index (χ2n) is 25.0. The minimum absolute atomic E-state index is 0.495. The minimum atomic E-state index is -1.30. The summed E-state index contributed by atoms with van der Waals surface area (Å²) >= 11 is 0. The van der Waals surface area contributed by atoms with Gasteiger partial charge in [-0.15, -0.1) is 0 Å². The fourth-order valence-electron chi connectivity index (χ4n) is 10.5. The normalized spacial score (nSPS) is 10.5. The summed E-state index contributed by atoms with van der Waals surface area (Å²) in [5, 5.41) is 405. The molecule has 0 unspecified atom stereocenters. The second-order valence-corrected chi connectivity index (χ2v) is 25.0. The van der Waals surface area contributed by atoms with Gasteiger partial charge in [0.05, 0.1) is 33.4 Å². The average Bonchev–Trinajstić information content (AvgIpc) is 0.803.